The number of hydrogen-bond acceptors (Lipinski definition) is 9. The van der Waals surface area contributed by atoms with Gasteiger partial charge in [0.05, 0.1) is 26.0 Å². The molecule has 0 bridgehead atoms. The molecule has 5 amide bonds. The molecular formula is C36H44N10O10. The van der Waals surface area contributed by atoms with Crippen molar-refractivity contribution in [1.82, 2.24) is 36.6 Å². The number of amides is 5. The Balaban J connectivity index is 1.36. The van der Waals surface area contributed by atoms with Crippen LogP contribution in [0.5, 0.6) is 0 Å². The molecule has 0 unspecified atom stereocenters. The molecule has 2 aromatic heterocycles. The highest BCUT2D eigenvalue weighted by Gasteiger charge is 2.30. The van der Waals surface area contributed by atoms with Gasteiger partial charge in [0.15, 0.2) is 5.96 Å². The normalized spacial score (nSPS) is 13.1. The van der Waals surface area contributed by atoms with E-state index in [-0.39, 0.29) is 38.2 Å². The quantitative estimate of drug-likeness (QED) is 0.0251. The van der Waals surface area contributed by atoms with E-state index in [0.29, 0.717) is 11.1 Å². The first-order chi connectivity index (χ1) is 26.7. The fraction of sp³-hybridized carbons (Fsp3) is 0.333. The summed E-state index contributed by atoms with van der Waals surface area (Å²) in [5.74, 6) is -7.57. The monoisotopic (exact) mass is 776 g/mol. The van der Waals surface area contributed by atoms with Gasteiger partial charge in [0, 0.05) is 47.2 Å². The molecule has 0 aliphatic rings. The molecule has 0 saturated heterocycles. The average molecular weight is 777 g/mol. The first-order valence-electron chi connectivity index (χ1n) is 17.4. The molecule has 4 aromatic rings. The number of nitrogens with two attached hydrogens (primary N) is 2. The van der Waals surface area contributed by atoms with Crippen LogP contribution < -0.4 is 38.1 Å². The second-order valence-electron chi connectivity index (χ2n) is 12.7. The van der Waals surface area contributed by atoms with Crippen LogP contribution in [-0.2, 0) is 46.4 Å². The SMILES string of the molecule is NC(N)=NCCC[C@H](NC(=O)[C@H](CO)NC(=O)Cc1c[nH]c2ccccc12)C(=O)NCC(=O)N[C@@H](CC(=O)O)C(=O)N[C@@H](Cc1c[nH]c2ccccc12)C(=O)O. The van der Waals surface area contributed by atoms with Crippen LogP contribution in [0.1, 0.15) is 30.4 Å². The number of nitrogens with zero attached hydrogens (tertiary/aromatic N) is 1. The Hall–Kier alpha value is -6.96. The molecule has 0 aliphatic heterocycles. The van der Waals surface area contributed by atoms with Gasteiger partial charge in [-0.05, 0) is 36.1 Å². The summed E-state index contributed by atoms with van der Waals surface area (Å²) in [6.07, 6.45) is 2.17. The lowest BCUT2D eigenvalue weighted by Gasteiger charge is -2.23. The second kappa shape index (κ2) is 19.9. The topological polar surface area (TPSA) is 336 Å². The number of aliphatic imine (C=N–C) groups is 1. The van der Waals surface area contributed by atoms with Gasteiger partial charge in [0.1, 0.15) is 24.2 Å². The number of benzene rings is 2. The first-order valence-corrected chi connectivity index (χ1v) is 17.4. The predicted octanol–water partition coefficient (Wildman–Crippen LogP) is -1.90. The van der Waals surface area contributed by atoms with Crippen LogP contribution in [0.2, 0.25) is 0 Å². The summed E-state index contributed by atoms with van der Waals surface area (Å²) in [4.78, 5) is 98.8. The van der Waals surface area contributed by atoms with Crippen molar-refractivity contribution in [2.75, 3.05) is 19.7 Å². The third kappa shape index (κ3) is 12.0. The Morgan fingerprint density at radius 3 is 1.88 bits per heavy atom. The number of para-hydroxylation sites is 2. The Morgan fingerprint density at radius 2 is 1.27 bits per heavy atom. The van der Waals surface area contributed by atoms with Crippen LogP contribution in [0.25, 0.3) is 21.8 Å². The van der Waals surface area contributed by atoms with Gasteiger partial charge in [-0.1, -0.05) is 36.4 Å². The zero-order chi connectivity index (χ0) is 40.8. The second-order valence-corrected chi connectivity index (χ2v) is 12.7. The number of aliphatic carboxylic acids is 2. The minimum atomic E-state index is -1.73. The number of aromatic amines is 2. The molecule has 0 fully saturated rings. The first kappa shape index (κ1) is 41.8. The number of carboxylic acid groups (broad SMARTS) is 2. The molecule has 298 valence electrons. The van der Waals surface area contributed by atoms with E-state index in [9.17, 15) is 48.9 Å². The minimum Gasteiger partial charge on any atom is -0.481 e. The number of nitrogens with one attached hydrogen (secondary N) is 7. The van der Waals surface area contributed by atoms with Gasteiger partial charge in [0.2, 0.25) is 29.5 Å². The maximum atomic E-state index is 13.3. The summed E-state index contributed by atoms with van der Waals surface area (Å²) in [6.45, 7) is -1.53. The van der Waals surface area contributed by atoms with Gasteiger partial charge >= 0.3 is 11.9 Å². The molecule has 2 aromatic carbocycles. The average Bonchev–Trinajstić information content (AvgIpc) is 3.76. The molecule has 0 saturated carbocycles. The lowest BCUT2D eigenvalue weighted by Crippen LogP contribution is -2.56. The lowest BCUT2D eigenvalue weighted by atomic mass is 10.0. The maximum absolute atomic E-state index is 13.3. The van der Waals surface area contributed by atoms with E-state index in [0.717, 1.165) is 21.8 Å². The molecule has 2 heterocycles. The molecule has 0 aliphatic carbocycles. The molecular weight excluding hydrogens is 732 g/mol. The van der Waals surface area contributed by atoms with Crippen LogP contribution >= 0.6 is 0 Å². The van der Waals surface area contributed by atoms with Crippen molar-refractivity contribution in [3.63, 3.8) is 0 Å². The van der Waals surface area contributed by atoms with Crippen molar-refractivity contribution >= 4 is 69.2 Å². The van der Waals surface area contributed by atoms with Gasteiger partial charge < -0.3 is 63.3 Å². The Kier molecular flexibility index (Phi) is 14.9. The molecule has 0 spiro atoms. The highest BCUT2D eigenvalue weighted by Crippen LogP contribution is 2.20. The van der Waals surface area contributed by atoms with Gasteiger partial charge in [-0.15, -0.1) is 0 Å². The lowest BCUT2D eigenvalue weighted by molar-refractivity contribution is -0.143. The number of rotatable bonds is 21. The number of carbonyl (C=O) groups is 7. The van der Waals surface area contributed by atoms with E-state index >= 15 is 0 Å². The molecule has 4 rings (SSSR count). The van der Waals surface area contributed by atoms with E-state index in [1.54, 1.807) is 42.7 Å². The van der Waals surface area contributed by atoms with Gasteiger partial charge in [-0.3, -0.25) is 33.8 Å². The van der Waals surface area contributed by atoms with Gasteiger partial charge in [-0.2, -0.15) is 0 Å². The number of carbonyl (C=O) groups excluding carboxylic acids is 5. The smallest absolute Gasteiger partial charge is 0.326 e. The van der Waals surface area contributed by atoms with E-state index in [1.165, 1.54) is 0 Å². The van der Waals surface area contributed by atoms with E-state index < -0.39 is 85.2 Å². The predicted molar refractivity (Wildman–Crippen MR) is 202 cm³/mol. The molecule has 20 heteroatoms. The number of fused-ring (bicyclic) bond motifs is 2. The van der Waals surface area contributed by atoms with Crippen molar-refractivity contribution in [3.05, 3.63) is 72.1 Å². The summed E-state index contributed by atoms with van der Waals surface area (Å²) < 4.78 is 0. The van der Waals surface area contributed by atoms with Gasteiger partial charge in [0.25, 0.3) is 0 Å². The van der Waals surface area contributed by atoms with E-state index in [4.69, 9.17) is 11.5 Å². The Labute approximate surface area is 318 Å². The summed E-state index contributed by atoms with van der Waals surface area (Å²) in [7, 11) is 0. The van der Waals surface area contributed by atoms with Crippen molar-refractivity contribution in [2.24, 2.45) is 16.5 Å². The fourth-order valence-corrected chi connectivity index (χ4v) is 5.85. The Bertz CT molecular complexity index is 2090. The third-order valence-corrected chi connectivity index (χ3v) is 8.61. The number of carboxylic acids is 2. The fourth-order valence-electron chi connectivity index (χ4n) is 5.85. The highest BCUT2D eigenvalue weighted by atomic mass is 16.4. The maximum Gasteiger partial charge on any atom is 0.326 e. The number of guanidine groups is 1. The molecule has 4 atom stereocenters. The van der Waals surface area contributed by atoms with E-state index in [2.05, 4.69) is 41.5 Å². The van der Waals surface area contributed by atoms with Crippen molar-refractivity contribution < 1.29 is 48.9 Å². The summed E-state index contributed by atoms with van der Waals surface area (Å²) in [5.41, 5.74) is 13.5. The van der Waals surface area contributed by atoms with Crippen LogP contribution in [-0.4, -0.2) is 117 Å². The third-order valence-electron chi connectivity index (χ3n) is 8.61. The summed E-state index contributed by atoms with van der Waals surface area (Å²) in [5, 5.41) is 42.4. The number of aliphatic hydroxyl groups excluding tert-OH is 1. The van der Waals surface area contributed by atoms with Crippen molar-refractivity contribution in [2.45, 2.75) is 56.3 Å². The summed E-state index contributed by atoms with van der Waals surface area (Å²) >= 11 is 0. The van der Waals surface area contributed by atoms with Crippen molar-refractivity contribution in [1.29, 1.82) is 0 Å². The molecule has 20 nitrogen and oxygen atoms in total. The van der Waals surface area contributed by atoms with Crippen LogP contribution in [0.15, 0.2) is 65.9 Å². The molecule has 0 radical (unpaired) electrons. The largest absolute Gasteiger partial charge is 0.481 e. The van der Waals surface area contributed by atoms with E-state index in [1.807, 2.05) is 18.2 Å². The highest BCUT2D eigenvalue weighted by molar-refractivity contribution is 5.96. The minimum absolute atomic E-state index is 0.0611. The number of H-pyrrole nitrogens is 2. The molecule has 56 heavy (non-hydrogen) atoms. The van der Waals surface area contributed by atoms with Crippen molar-refractivity contribution in [3.8, 4) is 0 Å². The number of aromatic nitrogens is 2. The summed E-state index contributed by atoms with van der Waals surface area (Å²) in [6, 6.07) is 8.38. The zero-order valence-electron chi connectivity index (χ0n) is 30.0. The molecule has 14 N–H and O–H groups in total. The standard InChI is InChI=1S/C36H44N10O10/c37-36(38)39-11-5-10-25(45-34(54)28(18-47)44-29(48)13-20-16-41-24-9-4-2-7-22(20)24)32(52)42-17-30(49)43-26(14-31(50)51)33(53)46-27(35(55)56)12-19-15-40-23-8-3-1-6-21(19)23/h1-4,6-9,15-16,25-28,40-41,47H,5,10-14,17-18H2,(H,42,52)(H,43,49)(H,44,48)(H,45,54)(H,46,53)(H,50,51)(H,55,56)(H4,37,38,39)/t25-,26-,27-,28-/m0/s1. The van der Waals surface area contributed by atoms with Gasteiger partial charge in [-0.25, -0.2) is 4.79 Å². The Morgan fingerprint density at radius 1 is 0.696 bits per heavy atom. The number of hydrogen-bond donors (Lipinski definition) is 12. The van der Waals surface area contributed by atoms with Crippen LogP contribution in [0.4, 0.5) is 0 Å². The number of aliphatic hydroxyl groups is 1. The van der Waals surface area contributed by atoms with Crippen LogP contribution in [0, 0.1) is 0 Å². The zero-order valence-corrected chi connectivity index (χ0v) is 30.0. The van der Waals surface area contributed by atoms with Crippen LogP contribution in [0.3, 0.4) is 0 Å².